The van der Waals surface area contributed by atoms with E-state index in [4.69, 9.17) is 16.3 Å². The number of hydrogen-bond acceptors (Lipinski definition) is 4. The van der Waals surface area contributed by atoms with E-state index in [9.17, 15) is 5.11 Å². The van der Waals surface area contributed by atoms with E-state index in [-0.39, 0.29) is 0 Å². The fourth-order valence-corrected chi connectivity index (χ4v) is 2.64. The maximum atomic E-state index is 9.89. The Morgan fingerprint density at radius 1 is 1.36 bits per heavy atom. The van der Waals surface area contributed by atoms with Gasteiger partial charge in [0, 0.05) is 36.3 Å². The Morgan fingerprint density at radius 2 is 2.23 bits per heavy atom. The second kappa shape index (κ2) is 7.38. The molecule has 5 heteroatoms. The first-order valence-corrected chi connectivity index (χ1v) is 8.10. The van der Waals surface area contributed by atoms with Crippen molar-refractivity contribution in [2.75, 3.05) is 19.8 Å². The first-order valence-electron chi connectivity index (χ1n) is 7.72. The highest BCUT2D eigenvalue weighted by atomic mass is 35.5. The second-order valence-corrected chi connectivity index (χ2v) is 6.28. The number of rotatable bonds is 8. The van der Waals surface area contributed by atoms with Crippen LogP contribution in [0.2, 0.25) is 5.02 Å². The standard InChI is InChI=1S/C17H21ClN2O2/c18-16-6-5-13(17-15(16)2-1-7-20-17)8-19-9-14(21)11-22-10-12-3-4-12/h1-2,5-7,12,14,19,21H,3-4,8-11H2. The van der Waals surface area contributed by atoms with Crippen molar-refractivity contribution < 1.29 is 9.84 Å². The zero-order valence-corrected chi connectivity index (χ0v) is 13.2. The molecule has 1 aromatic heterocycles. The first kappa shape index (κ1) is 15.7. The van der Waals surface area contributed by atoms with Crippen molar-refractivity contribution in [3.63, 3.8) is 0 Å². The fourth-order valence-electron chi connectivity index (χ4n) is 2.43. The number of ether oxygens (including phenoxy) is 1. The lowest BCUT2D eigenvalue weighted by molar-refractivity contribution is 0.0324. The highest BCUT2D eigenvalue weighted by molar-refractivity contribution is 6.35. The number of nitrogens with zero attached hydrogens (tertiary/aromatic N) is 1. The Labute approximate surface area is 135 Å². The minimum absolute atomic E-state index is 0.392. The van der Waals surface area contributed by atoms with Crippen LogP contribution >= 0.6 is 11.6 Å². The van der Waals surface area contributed by atoms with Crippen LogP contribution in [0.3, 0.4) is 0 Å². The molecular weight excluding hydrogens is 300 g/mol. The highest BCUT2D eigenvalue weighted by Crippen LogP contribution is 2.28. The van der Waals surface area contributed by atoms with E-state index < -0.39 is 6.10 Å². The summed E-state index contributed by atoms with van der Waals surface area (Å²) in [5, 5.41) is 14.8. The molecule has 1 aliphatic rings. The van der Waals surface area contributed by atoms with Crippen LogP contribution in [-0.4, -0.2) is 36.0 Å². The second-order valence-electron chi connectivity index (χ2n) is 5.87. The maximum absolute atomic E-state index is 9.89. The number of halogens is 1. The lowest BCUT2D eigenvalue weighted by Crippen LogP contribution is -2.30. The maximum Gasteiger partial charge on any atom is 0.0897 e. The molecule has 118 valence electrons. The van der Waals surface area contributed by atoms with Crippen molar-refractivity contribution >= 4 is 22.5 Å². The molecule has 0 amide bonds. The number of fused-ring (bicyclic) bond motifs is 1. The summed E-state index contributed by atoms with van der Waals surface area (Å²) < 4.78 is 5.49. The van der Waals surface area contributed by atoms with E-state index in [1.807, 2.05) is 24.3 Å². The molecule has 0 aliphatic heterocycles. The van der Waals surface area contributed by atoms with E-state index in [1.54, 1.807) is 6.20 Å². The Morgan fingerprint density at radius 3 is 3.05 bits per heavy atom. The lowest BCUT2D eigenvalue weighted by Gasteiger charge is -2.13. The first-order chi connectivity index (χ1) is 10.7. The van der Waals surface area contributed by atoms with Gasteiger partial charge in [-0.25, -0.2) is 0 Å². The van der Waals surface area contributed by atoms with Gasteiger partial charge in [0.25, 0.3) is 0 Å². The molecule has 1 saturated carbocycles. The summed E-state index contributed by atoms with van der Waals surface area (Å²) in [7, 11) is 0. The summed E-state index contributed by atoms with van der Waals surface area (Å²) in [5.41, 5.74) is 1.98. The molecular formula is C17H21ClN2O2. The molecule has 1 aromatic carbocycles. The number of pyridine rings is 1. The van der Waals surface area contributed by atoms with Gasteiger partial charge in [-0.2, -0.15) is 0 Å². The van der Waals surface area contributed by atoms with Gasteiger partial charge in [-0.3, -0.25) is 4.98 Å². The van der Waals surface area contributed by atoms with Crippen molar-refractivity contribution in [3.05, 3.63) is 41.0 Å². The topological polar surface area (TPSA) is 54.4 Å². The Kier molecular flexibility index (Phi) is 5.26. The van der Waals surface area contributed by atoms with Crippen molar-refractivity contribution in [1.29, 1.82) is 0 Å². The molecule has 1 aliphatic carbocycles. The van der Waals surface area contributed by atoms with Crippen molar-refractivity contribution in [1.82, 2.24) is 10.3 Å². The average Bonchev–Trinajstić information content (AvgIpc) is 3.34. The van der Waals surface area contributed by atoms with Gasteiger partial charge in [-0.15, -0.1) is 0 Å². The zero-order chi connectivity index (χ0) is 15.4. The quantitative estimate of drug-likeness (QED) is 0.785. The van der Waals surface area contributed by atoms with Crippen LogP contribution in [0.1, 0.15) is 18.4 Å². The predicted octanol–water partition coefficient (Wildman–Crippen LogP) is 2.77. The number of benzene rings is 1. The summed E-state index contributed by atoms with van der Waals surface area (Å²) in [5.74, 6) is 0.728. The summed E-state index contributed by atoms with van der Waals surface area (Å²) in [6.45, 7) is 2.32. The van der Waals surface area contributed by atoms with Gasteiger partial charge in [0.2, 0.25) is 0 Å². The molecule has 2 aromatic rings. The van der Waals surface area contributed by atoms with E-state index in [0.717, 1.165) is 29.0 Å². The number of nitrogens with one attached hydrogen (secondary N) is 1. The van der Waals surface area contributed by atoms with E-state index in [1.165, 1.54) is 12.8 Å². The third-order valence-corrected chi connectivity index (χ3v) is 4.19. The van der Waals surface area contributed by atoms with E-state index >= 15 is 0 Å². The van der Waals surface area contributed by atoms with Crippen molar-refractivity contribution in [2.45, 2.75) is 25.5 Å². The summed E-state index contributed by atoms with van der Waals surface area (Å²) in [4.78, 5) is 4.40. The Bertz CT molecular complexity index is 631. The average molecular weight is 321 g/mol. The van der Waals surface area contributed by atoms with Crippen LogP contribution in [-0.2, 0) is 11.3 Å². The van der Waals surface area contributed by atoms with Gasteiger partial charge in [0.05, 0.1) is 18.2 Å². The molecule has 1 atom stereocenters. The molecule has 0 bridgehead atoms. The Balaban J connectivity index is 1.49. The van der Waals surface area contributed by atoms with E-state index in [2.05, 4.69) is 10.3 Å². The molecule has 0 saturated heterocycles. The van der Waals surface area contributed by atoms with Gasteiger partial charge < -0.3 is 15.2 Å². The highest BCUT2D eigenvalue weighted by Gasteiger charge is 2.21. The normalized spacial score (nSPS) is 16.1. The monoisotopic (exact) mass is 320 g/mol. The number of hydrogen-bond donors (Lipinski definition) is 2. The van der Waals surface area contributed by atoms with Crippen LogP contribution in [0.25, 0.3) is 10.9 Å². The van der Waals surface area contributed by atoms with Gasteiger partial charge in [-0.05, 0) is 42.5 Å². The third kappa shape index (κ3) is 4.17. The minimum Gasteiger partial charge on any atom is -0.389 e. The van der Waals surface area contributed by atoms with Crippen LogP contribution in [0.5, 0.6) is 0 Å². The van der Waals surface area contributed by atoms with Gasteiger partial charge >= 0.3 is 0 Å². The van der Waals surface area contributed by atoms with Crippen LogP contribution < -0.4 is 5.32 Å². The van der Waals surface area contributed by atoms with Crippen molar-refractivity contribution in [2.24, 2.45) is 5.92 Å². The molecule has 1 heterocycles. The lowest BCUT2D eigenvalue weighted by atomic mass is 10.1. The largest absolute Gasteiger partial charge is 0.389 e. The molecule has 22 heavy (non-hydrogen) atoms. The van der Waals surface area contributed by atoms with Gasteiger partial charge in [0.15, 0.2) is 0 Å². The molecule has 0 radical (unpaired) electrons. The SMILES string of the molecule is OC(CNCc1ccc(Cl)c2cccnc12)COCC1CC1. The molecule has 2 N–H and O–H groups in total. The zero-order valence-electron chi connectivity index (χ0n) is 12.5. The summed E-state index contributed by atoms with van der Waals surface area (Å²) in [6, 6.07) is 7.71. The van der Waals surface area contributed by atoms with Gasteiger partial charge in [-0.1, -0.05) is 17.7 Å². The van der Waals surface area contributed by atoms with Crippen molar-refractivity contribution in [3.8, 4) is 0 Å². The number of aliphatic hydroxyl groups is 1. The fraction of sp³-hybridized carbons (Fsp3) is 0.471. The summed E-state index contributed by atoms with van der Waals surface area (Å²) >= 11 is 6.18. The van der Waals surface area contributed by atoms with Crippen LogP contribution in [0.4, 0.5) is 0 Å². The Hall–Kier alpha value is -1.20. The predicted molar refractivity (Wildman–Crippen MR) is 88.0 cm³/mol. The number of aromatic nitrogens is 1. The smallest absolute Gasteiger partial charge is 0.0897 e. The van der Waals surface area contributed by atoms with Crippen LogP contribution in [0, 0.1) is 5.92 Å². The number of aliphatic hydroxyl groups excluding tert-OH is 1. The third-order valence-electron chi connectivity index (χ3n) is 3.86. The molecule has 3 rings (SSSR count). The molecule has 0 spiro atoms. The molecule has 1 fully saturated rings. The summed E-state index contributed by atoms with van der Waals surface area (Å²) in [6.07, 6.45) is 3.82. The molecule has 4 nitrogen and oxygen atoms in total. The minimum atomic E-state index is -0.481. The van der Waals surface area contributed by atoms with Gasteiger partial charge in [0.1, 0.15) is 0 Å². The molecule has 1 unspecified atom stereocenters. The van der Waals surface area contributed by atoms with E-state index in [0.29, 0.717) is 24.7 Å². The van der Waals surface area contributed by atoms with Crippen LogP contribution in [0.15, 0.2) is 30.5 Å².